The van der Waals surface area contributed by atoms with Crippen LogP contribution in [0.5, 0.6) is 0 Å². The third kappa shape index (κ3) is 1.98. The molecule has 0 aliphatic carbocycles. The Morgan fingerprint density at radius 3 is 2.25 bits per heavy atom. The Bertz CT molecular complexity index is 422. The Kier molecular flexibility index (Phi) is 3.82. The average Bonchev–Trinajstić information content (AvgIpc) is 2.58. The molecule has 0 spiro atoms. The van der Waals surface area contributed by atoms with Crippen molar-refractivity contribution in [3.63, 3.8) is 0 Å². The smallest absolute Gasteiger partial charge is 0.259 e. The van der Waals surface area contributed by atoms with Crippen LogP contribution >= 0.6 is 0 Å². The highest BCUT2D eigenvalue weighted by atomic mass is 16.2. The molecule has 86 valence electrons. The minimum Gasteiger partial charge on any atom is -0.288 e. The summed E-state index contributed by atoms with van der Waals surface area (Å²) in [6, 6.07) is 5.38. The molecule has 0 aromatic heterocycles. The summed E-state index contributed by atoms with van der Waals surface area (Å²) in [5.74, 6) is -0.302. The Morgan fingerprint density at radius 2 is 1.69 bits per heavy atom. The lowest BCUT2D eigenvalue weighted by molar-refractivity contribution is 0.0879. The van der Waals surface area contributed by atoms with Crippen LogP contribution in [0.3, 0.4) is 0 Å². The van der Waals surface area contributed by atoms with Crippen molar-refractivity contribution in [2.45, 2.75) is 33.6 Å². The first-order chi connectivity index (χ1) is 7.61. The highest BCUT2D eigenvalue weighted by Crippen LogP contribution is 2.25. The molecule has 1 aliphatic heterocycles. The number of benzene rings is 1. The molecular weight excluding hydrogens is 202 g/mol. The van der Waals surface area contributed by atoms with Gasteiger partial charge >= 0.3 is 0 Å². The van der Waals surface area contributed by atoms with E-state index in [1.54, 1.807) is 6.07 Å². The Labute approximate surface area is 95.9 Å². The summed E-state index contributed by atoms with van der Waals surface area (Å²) in [4.78, 5) is 22.8. The van der Waals surface area contributed by atoms with Crippen LogP contribution < -0.4 is 5.32 Å². The van der Waals surface area contributed by atoms with Gasteiger partial charge in [-0.25, -0.2) is 0 Å². The fourth-order valence-corrected chi connectivity index (χ4v) is 1.73. The lowest BCUT2D eigenvalue weighted by Gasteiger charge is -2.08. The van der Waals surface area contributed by atoms with Gasteiger partial charge in [0.2, 0.25) is 0 Å². The van der Waals surface area contributed by atoms with Crippen molar-refractivity contribution in [2.75, 3.05) is 0 Å². The standard InChI is InChI=1S/C11H11NO2.C2H6/c1-6(2)7-4-3-5-8-9(7)11(14)12-10(8)13;1-2/h3-6H,1-2H3,(H,12,13,14);1-2H3. The maximum Gasteiger partial charge on any atom is 0.259 e. The molecule has 0 radical (unpaired) electrons. The maximum absolute atomic E-state index is 11.5. The van der Waals surface area contributed by atoms with Gasteiger partial charge in [0.05, 0.1) is 11.1 Å². The highest BCUT2D eigenvalue weighted by Gasteiger charge is 2.29. The highest BCUT2D eigenvalue weighted by molar-refractivity contribution is 6.22. The van der Waals surface area contributed by atoms with Crippen molar-refractivity contribution in [3.05, 3.63) is 34.9 Å². The summed E-state index contributed by atoms with van der Waals surface area (Å²) < 4.78 is 0. The van der Waals surface area contributed by atoms with Crippen LogP contribution in [-0.2, 0) is 0 Å². The van der Waals surface area contributed by atoms with Crippen LogP contribution in [0.15, 0.2) is 18.2 Å². The van der Waals surface area contributed by atoms with Gasteiger partial charge in [-0.3, -0.25) is 14.9 Å². The zero-order valence-corrected chi connectivity index (χ0v) is 10.1. The van der Waals surface area contributed by atoms with E-state index in [2.05, 4.69) is 5.32 Å². The predicted octanol–water partition coefficient (Wildman–Crippen LogP) is 2.72. The molecular formula is C13H17NO2. The van der Waals surface area contributed by atoms with Gasteiger partial charge in [-0.2, -0.15) is 0 Å². The summed E-state index contributed by atoms with van der Waals surface area (Å²) in [5, 5.41) is 2.30. The molecule has 1 N–H and O–H groups in total. The minimum atomic E-state index is -0.285. The molecule has 0 fully saturated rings. The lowest BCUT2D eigenvalue weighted by Crippen LogP contribution is -2.20. The summed E-state index contributed by atoms with van der Waals surface area (Å²) in [6.07, 6.45) is 0. The number of carbonyl (C=O) groups is 2. The monoisotopic (exact) mass is 219 g/mol. The number of amides is 2. The van der Waals surface area contributed by atoms with E-state index in [-0.39, 0.29) is 17.7 Å². The lowest BCUT2D eigenvalue weighted by atomic mass is 9.94. The van der Waals surface area contributed by atoms with E-state index >= 15 is 0 Å². The van der Waals surface area contributed by atoms with Gasteiger partial charge in [0.15, 0.2) is 0 Å². The minimum absolute atomic E-state index is 0.251. The van der Waals surface area contributed by atoms with Crippen molar-refractivity contribution < 1.29 is 9.59 Å². The van der Waals surface area contributed by atoms with Crippen LogP contribution in [0.25, 0.3) is 0 Å². The molecule has 0 atom stereocenters. The van der Waals surface area contributed by atoms with Crippen LogP contribution in [-0.4, -0.2) is 11.8 Å². The number of nitrogens with one attached hydrogen (secondary N) is 1. The van der Waals surface area contributed by atoms with Crippen molar-refractivity contribution in [3.8, 4) is 0 Å². The summed E-state index contributed by atoms with van der Waals surface area (Å²) in [7, 11) is 0. The van der Waals surface area contributed by atoms with Crippen LogP contribution in [0.4, 0.5) is 0 Å². The van der Waals surface area contributed by atoms with Gasteiger partial charge in [-0.15, -0.1) is 0 Å². The van der Waals surface area contributed by atoms with Crippen molar-refractivity contribution in [1.29, 1.82) is 0 Å². The second-order valence-electron chi connectivity index (χ2n) is 3.71. The molecule has 1 aliphatic rings. The van der Waals surface area contributed by atoms with E-state index in [9.17, 15) is 9.59 Å². The third-order valence-corrected chi connectivity index (χ3v) is 2.42. The Balaban J connectivity index is 0.000000606. The van der Waals surface area contributed by atoms with E-state index in [4.69, 9.17) is 0 Å². The topological polar surface area (TPSA) is 46.2 Å². The summed E-state index contributed by atoms with van der Waals surface area (Å²) >= 11 is 0. The largest absolute Gasteiger partial charge is 0.288 e. The second kappa shape index (κ2) is 4.92. The molecule has 2 rings (SSSR count). The normalized spacial score (nSPS) is 13.1. The van der Waals surface area contributed by atoms with Crippen LogP contribution in [0, 0.1) is 0 Å². The first-order valence-electron chi connectivity index (χ1n) is 5.60. The Morgan fingerprint density at radius 1 is 1.06 bits per heavy atom. The fraction of sp³-hybridized carbons (Fsp3) is 0.385. The number of carbonyl (C=O) groups excluding carboxylic acids is 2. The van der Waals surface area contributed by atoms with Gasteiger partial charge in [0.25, 0.3) is 11.8 Å². The van der Waals surface area contributed by atoms with Gasteiger partial charge < -0.3 is 0 Å². The molecule has 0 unspecified atom stereocenters. The van der Waals surface area contributed by atoms with Crippen molar-refractivity contribution in [2.24, 2.45) is 0 Å². The van der Waals surface area contributed by atoms with E-state index < -0.39 is 0 Å². The quantitative estimate of drug-likeness (QED) is 0.738. The average molecular weight is 219 g/mol. The Hall–Kier alpha value is -1.64. The summed E-state index contributed by atoms with van der Waals surface area (Å²) in [5.41, 5.74) is 1.99. The molecule has 1 aromatic carbocycles. The van der Waals surface area contributed by atoms with Crippen molar-refractivity contribution in [1.82, 2.24) is 5.32 Å². The molecule has 0 saturated carbocycles. The number of fused-ring (bicyclic) bond motifs is 1. The van der Waals surface area contributed by atoms with Gasteiger partial charge in [-0.1, -0.05) is 39.8 Å². The number of hydrogen-bond acceptors (Lipinski definition) is 2. The van der Waals surface area contributed by atoms with Crippen LogP contribution in [0.2, 0.25) is 0 Å². The molecule has 3 heteroatoms. The number of hydrogen-bond donors (Lipinski definition) is 1. The SMILES string of the molecule is CC.CC(C)c1cccc2c1C(=O)NC2=O. The zero-order chi connectivity index (χ0) is 12.3. The molecule has 1 aromatic rings. The molecule has 0 bridgehead atoms. The number of imide groups is 1. The molecule has 0 saturated heterocycles. The maximum atomic E-state index is 11.5. The van der Waals surface area contributed by atoms with Crippen LogP contribution in [0.1, 0.15) is 59.9 Å². The molecule has 16 heavy (non-hydrogen) atoms. The predicted molar refractivity (Wildman–Crippen MR) is 63.7 cm³/mol. The molecule has 2 amide bonds. The van der Waals surface area contributed by atoms with Crippen molar-refractivity contribution >= 4 is 11.8 Å². The van der Waals surface area contributed by atoms with Gasteiger partial charge in [-0.05, 0) is 17.5 Å². The van der Waals surface area contributed by atoms with E-state index in [0.29, 0.717) is 11.1 Å². The zero-order valence-electron chi connectivity index (χ0n) is 10.1. The fourth-order valence-electron chi connectivity index (χ4n) is 1.73. The van der Waals surface area contributed by atoms with Gasteiger partial charge in [0, 0.05) is 0 Å². The van der Waals surface area contributed by atoms with E-state index in [0.717, 1.165) is 5.56 Å². The second-order valence-corrected chi connectivity index (χ2v) is 3.71. The van der Waals surface area contributed by atoms with E-state index in [1.807, 2.05) is 39.8 Å². The first-order valence-corrected chi connectivity index (χ1v) is 5.60. The molecule has 1 heterocycles. The summed E-state index contributed by atoms with van der Waals surface area (Å²) in [6.45, 7) is 8.01. The molecule has 3 nitrogen and oxygen atoms in total. The first kappa shape index (κ1) is 12.4. The van der Waals surface area contributed by atoms with Gasteiger partial charge in [0.1, 0.15) is 0 Å². The number of rotatable bonds is 1. The third-order valence-electron chi connectivity index (χ3n) is 2.42. The van der Waals surface area contributed by atoms with E-state index in [1.165, 1.54) is 0 Å².